The molecule has 0 saturated carbocycles. The quantitative estimate of drug-likeness (QED) is 0.258. The Morgan fingerprint density at radius 1 is 1.06 bits per heavy atom. The van der Waals surface area contributed by atoms with Crippen molar-refractivity contribution in [3.05, 3.63) is 112 Å². The van der Waals surface area contributed by atoms with E-state index in [0.29, 0.717) is 22.1 Å². The molecule has 0 atom stereocenters. The minimum atomic E-state index is -0.482. The second kappa shape index (κ2) is 9.30. The lowest BCUT2D eigenvalue weighted by Crippen LogP contribution is -2.16. The Labute approximate surface area is 204 Å². The maximum absolute atomic E-state index is 14.0. The second-order valence-electron chi connectivity index (χ2n) is 8.00. The van der Waals surface area contributed by atoms with E-state index in [1.54, 1.807) is 42.5 Å². The number of benzene rings is 3. The topological polar surface area (TPSA) is 138 Å². The Balaban J connectivity index is 1.59. The van der Waals surface area contributed by atoms with Gasteiger partial charge in [0, 0.05) is 5.56 Å². The van der Waals surface area contributed by atoms with Crippen LogP contribution in [0.3, 0.4) is 0 Å². The predicted octanol–water partition coefficient (Wildman–Crippen LogP) is 4.71. The molecule has 5 N–H and O–H groups in total. The highest BCUT2D eigenvalue weighted by atomic mass is 19.1. The minimum Gasteiger partial charge on any atom is -0.508 e. The molecular formula is C27H20FN5O3. The second-order valence-corrected chi connectivity index (χ2v) is 8.00. The number of nitrogens with zero attached hydrogens (tertiary/aromatic N) is 2. The van der Waals surface area contributed by atoms with Gasteiger partial charge in [0.05, 0.1) is 28.8 Å². The number of aromatic nitrogens is 2. The van der Waals surface area contributed by atoms with Crippen LogP contribution >= 0.6 is 0 Å². The molecule has 0 spiro atoms. The van der Waals surface area contributed by atoms with Crippen LogP contribution in [-0.4, -0.2) is 20.8 Å². The lowest BCUT2D eigenvalue weighted by Gasteiger charge is -2.15. The molecule has 5 aromatic rings. The fourth-order valence-electron chi connectivity index (χ4n) is 4.00. The van der Waals surface area contributed by atoms with Gasteiger partial charge in [-0.1, -0.05) is 36.4 Å². The molecule has 3 aromatic carbocycles. The van der Waals surface area contributed by atoms with Gasteiger partial charge < -0.3 is 20.6 Å². The molecular weight excluding hydrogens is 461 g/mol. The van der Waals surface area contributed by atoms with Crippen molar-refractivity contribution in [3.63, 3.8) is 0 Å². The van der Waals surface area contributed by atoms with Crippen LogP contribution in [-0.2, 0) is 6.54 Å². The standard InChI is InChI=1S/C27H20FN5O3/c28-17-7-3-5-15(11-17)22-21(36-20-10-2-1-9-19(20)25(22)35)13-31-27-23(26(30)32-14-33-27)24(29)16-6-4-8-18(34)12-16/h1-12,14,29,34H,13H2,(H3,30,31,32,33). The van der Waals surface area contributed by atoms with Gasteiger partial charge in [-0.3, -0.25) is 10.2 Å². The molecule has 2 heterocycles. The number of nitrogens with two attached hydrogens (primary N) is 1. The SMILES string of the molecule is N=C(c1cccc(O)c1)c1c(N)ncnc1NCc1oc2ccccc2c(=O)c1-c1cccc(F)c1. The number of hydrogen-bond acceptors (Lipinski definition) is 8. The van der Waals surface area contributed by atoms with Gasteiger partial charge in [-0.05, 0) is 42.0 Å². The van der Waals surface area contributed by atoms with E-state index < -0.39 is 5.82 Å². The van der Waals surface area contributed by atoms with Crippen LogP contribution in [0.25, 0.3) is 22.1 Å². The number of nitrogen functional groups attached to an aromatic ring is 1. The Morgan fingerprint density at radius 3 is 2.67 bits per heavy atom. The number of nitrogens with one attached hydrogen (secondary N) is 2. The number of halogens is 1. The number of rotatable bonds is 6. The van der Waals surface area contributed by atoms with Crippen molar-refractivity contribution in [1.82, 2.24) is 9.97 Å². The summed E-state index contributed by atoms with van der Waals surface area (Å²) in [6, 6.07) is 18.8. The first-order valence-electron chi connectivity index (χ1n) is 11.0. The van der Waals surface area contributed by atoms with E-state index in [9.17, 15) is 14.3 Å². The number of phenols is 1. The summed E-state index contributed by atoms with van der Waals surface area (Å²) in [5, 5.41) is 21.9. The highest BCUT2D eigenvalue weighted by Gasteiger charge is 2.20. The molecule has 36 heavy (non-hydrogen) atoms. The molecule has 0 aliphatic heterocycles. The monoisotopic (exact) mass is 481 g/mol. The molecule has 5 rings (SSSR count). The summed E-state index contributed by atoms with van der Waals surface area (Å²) < 4.78 is 20.1. The number of hydrogen-bond donors (Lipinski definition) is 4. The summed E-state index contributed by atoms with van der Waals surface area (Å²) >= 11 is 0. The lowest BCUT2D eigenvalue weighted by atomic mass is 10.0. The molecule has 0 fully saturated rings. The largest absolute Gasteiger partial charge is 0.508 e. The fourth-order valence-corrected chi connectivity index (χ4v) is 4.00. The number of anilines is 2. The average Bonchev–Trinajstić information content (AvgIpc) is 2.87. The van der Waals surface area contributed by atoms with Gasteiger partial charge in [0.2, 0.25) is 5.43 Å². The van der Waals surface area contributed by atoms with Crippen molar-refractivity contribution in [1.29, 1.82) is 5.41 Å². The Hall–Kier alpha value is -5.05. The third-order valence-electron chi connectivity index (χ3n) is 5.66. The fraction of sp³-hybridized carbons (Fsp3) is 0.0370. The van der Waals surface area contributed by atoms with E-state index in [4.69, 9.17) is 15.6 Å². The van der Waals surface area contributed by atoms with E-state index in [2.05, 4.69) is 15.3 Å². The smallest absolute Gasteiger partial charge is 0.200 e. The first-order valence-corrected chi connectivity index (χ1v) is 11.0. The first-order chi connectivity index (χ1) is 17.4. The molecule has 8 nitrogen and oxygen atoms in total. The summed E-state index contributed by atoms with van der Waals surface area (Å²) in [7, 11) is 0. The predicted molar refractivity (Wildman–Crippen MR) is 136 cm³/mol. The van der Waals surface area contributed by atoms with Gasteiger partial charge in [0.25, 0.3) is 0 Å². The van der Waals surface area contributed by atoms with Crippen LogP contribution in [0.5, 0.6) is 5.75 Å². The Morgan fingerprint density at radius 2 is 1.86 bits per heavy atom. The number of fused-ring (bicyclic) bond motifs is 1. The summed E-state index contributed by atoms with van der Waals surface area (Å²) in [4.78, 5) is 21.6. The molecule has 0 bridgehead atoms. The molecule has 2 aromatic heterocycles. The maximum Gasteiger partial charge on any atom is 0.200 e. The molecule has 0 aliphatic rings. The zero-order chi connectivity index (χ0) is 25.2. The Bertz CT molecular complexity index is 1680. The molecule has 9 heteroatoms. The third kappa shape index (κ3) is 4.25. The van der Waals surface area contributed by atoms with Gasteiger partial charge in [0.15, 0.2) is 0 Å². The number of aromatic hydroxyl groups is 1. The molecule has 0 unspecified atom stereocenters. The van der Waals surface area contributed by atoms with Gasteiger partial charge >= 0.3 is 0 Å². The van der Waals surface area contributed by atoms with Crippen LogP contribution in [0.15, 0.2) is 88.3 Å². The van der Waals surface area contributed by atoms with Crippen molar-refractivity contribution < 1.29 is 13.9 Å². The molecule has 0 amide bonds. The van der Waals surface area contributed by atoms with Crippen molar-refractivity contribution in [2.75, 3.05) is 11.1 Å². The van der Waals surface area contributed by atoms with Gasteiger partial charge in [-0.15, -0.1) is 0 Å². The first kappa shape index (κ1) is 22.7. The van der Waals surface area contributed by atoms with Crippen LogP contribution in [0.1, 0.15) is 16.9 Å². The van der Waals surface area contributed by atoms with Gasteiger partial charge in [-0.25, -0.2) is 14.4 Å². The Kier molecular flexibility index (Phi) is 5.87. The highest BCUT2D eigenvalue weighted by Crippen LogP contribution is 2.28. The highest BCUT2D eigenvalue weighted by molar-refractivity contribution is 6.16. The minimum absolute atomic E-state index is 0.000135. The van der Waals surface area contributed by atoms with Crippen LogP contribution in [0.2, 0.25) is 0 Å². The molecule has 0 radical (unpaired) electrons. The number of para-hydroxylation sites is 1. The van der Waals surface area contributed by atoms with Crippen LogP contribution in [0, 0.1) is 11.2 Å². The van der Waals surface area contributed by atoms with Crippen molar-refractivity contribution in [2.45, 2.75) is 6.54 Å². The van der Waals surface area contributed by atoms with E-state index in [1.807, 2.05) is 0 Å². The normalized spacial score (nSPS) is 10.9. The van der Waals surface area contributed by atoms with Crippen molar-refractivity contribution in [2.24, 2.45) is 0 Å². The summed E-state index contributed by atoms with van der Waals surface area (Å²) in [6.07, 6.45) is 1.25. The summed E-state index contributed by atoms with van der Waals surface area (Å²) in [6.45, 7) is -0.0112. The molecule has 178 valence electrons. The van der Waals surface area contributed by atoms with Crippen molar-refractivity contribution >= 4 is 28.3 Å². The molecule has 0 saturated heterocycles. The van der Waals surface area contributed by atoms with Crippen LogP contribution < -0.4 is 16.5 Å². The van der Waals surface area contributed by atoms with E-state index in [-0.39, 0.29) is 52.0 Å². The van der Waals surface area contributed by atoms with Crippen molar-refractivity contribution in [3.8, 4) is 16.9 Å². The zero-order valence-electron chi connectivity index (χ0n) is 18.8. The van der Waals surface area contributed by atoms with E-state index >= 15 is 0 Å². The van der Waals surface area contributed by atoms with Gasteiger partial charge in [0.1, 0.15) is 40.9 Å². The maximum atomic E-state index is 14.0. The number of phenolic OH excluding ortho intramolecular Hbond substituents is 1. The van der Waals surface area contributed by atoms with E-state index in [0.717, 1.165) is 0 Å². The average molecular weight is 481 g/mol. The summed E-state index contributed by atoms with van der Waals surface area (Å²) in [5.41, 5.74) is 7.40. The third-order valence-corrected chi connectivity index (χ3v) is 5.66. The summed E-state index contributed by atoms with van der Waals surface area (Å²) in [5.74, 6) is 0.0727. The molecule has 0 aliphatic carbocycles. The van der Waals surface area contributed by atoms with Crippen LogP contribution in [0.4, 0.5) is 16.0 Å². The van der Waals surface area contributed by atoms with Gasteiger partial charge in [-0.2, -0.15) is 0 Å². The van der Waals surface area contributed by atoms with E-state index in [1.165, 1.54) is 36.7 Å². The lowest BCUT2D eigenvalue weighted by molar-refractivity contribution is 0.475. The zero-order valence-corrected chi connectivity index (χ0v) is 18.8.